The first kappa shape index (κ1) is 29.1. The summed E-state index contributed by atoms with van der Waals surface area (Å²) in [5.41, 5.74) is 3.17. The Morgan fingerprint density at radius 3 is 2.36 bits per heavy atom. The average molecular weight is 580 g/mol. The number of benzene rings is 4. The fourth-order valence-electron chi connectivity index (χ4n) is 4.95. The van der Waals surface area contributed by atoms with E-state index in [-0.39, 0.29) is 29.4 Å². The van der Waals surface area contributed by atoms with Crippen LogP contribution >= 0.6 is 11.8 Å². The Labute approximate surface area is 249 Å². The van der Waals surface area contributed by atoms with E-state index in [1.165, 1.54) is 18.7 Å². The minimum absolute atomic E-state index is 0.0716. The number of nitrogens with zero attached hydrogens (tertiary/aromatic N) is 1. The van der Waals surface area contributed by atoms with Crippen molar-refractivity contribution in [3.63, 3.8) is 0 Å². The van der Waals surface area contributed by atoms with Crippen LogP contribution in [0.25, 0.3) is 10.8 Å². The van der Waals surface area contributed by atoms with Gasteiger partial charge in [0.05, 0.1) is 22.8 Å². The maximum Gasteiger partial charge on any atom is 0.255 e. The lowest BCUT2D eigenvalue weighted by Crippen LogP contribution is -2.50. The van der Waals surface area contributed by atoms with E-state index in [0.717, 1.165) is 21.2 Å². The largest absolute Gasteiger partial charge is 0.343 e. The highest BCUT2D eigenvalue weighted by Crippen LogP contribution is 2.41. The summed E-state index contributed by atoms with van der Waals surface area (Å²) >= 11 is 1.43. The van der Waals surface area contributed by atoms with Gasteiger partial charge in [0.2, 0.25) is 5.91 Å². The minimum atomic E-state index is -0.735. The molecule has 0 saturated heterocycles. The number of thioether (sulfide) groups is 1. The van der Waals surface area contributed by atoms with Crippen molar-refractivity contribution < 1.29 is 19.2 Å². The van der Waals surface area contributed by atoms with Crippen molar-refractivity contribution in [2.75, 3.05) is 16.0 Å². The molecule has 0 saturated carbocycles. The molecule has 214 valence electrons. The number of anilines is 2. The van der Waals surface area contributed by atoms with Gasteiger partial charge in [0, 0.05) is 22.8 Å². The fourth-order valence-corrected chi connectivity index (χ4v) is 6.11. The molecule has 8 heteroatoms. The van der Waals surface area contributed by atoms with Gasteiger partial charge in [-0.25, -0.2) is 0 Å². The van der Waals surface area contributed by atoms with Gasteiger partial charge in [-0.3, -0.25) is 19.2 Å². The lowest BCUT2D eigenvalue weighted by atomic mass is 10.0. The maximum atomic E-state index is 14.1. The van der Waals surface area contributed by atoms with Crippen LogP contribution in [0.3, 0.4) is 0 Å². The van der Waals surface area contributed by atoms with Gasteiger partial charge in [0.15, 0.2) is 5.78 Å². The van der Waals surface area contributed by atoms with Crippen LogP contribution < -0.4 is 15.5 Å². The number of fused-ring (bicyclic) bond motifs is 2. The van der Waals surface area contributed by atoms with E-state index in [4.69, 9.17) is 0 Å². The zero-order valence-electron chi connectivity index (χ0n) is 23.8. The number of Topliss-reactive ketones (excluding diaryl/α,β-unsaturated/α-hetero) is 1. The highest BCUT2D eigenvalue weighted by atomic mass is 32.2. The number of nitrogens with one attached hydrogen (secondary N) is 2. The van der Waals surface area contributed by atoms with E-state index < -0.39 is 6.04 Å². The summed E-state index contributed by atoms with van der Waals surface area (Å²) in [5.74, 6) is -0.650. The molecule has 1 aliphatic heterocycles. The number of hydrogen-bond acceptors (Lipinski definition) is 5. The van der Waals surface area contributed by atoms with E-state index >= 15 is 0 Å². The zero-order valence-corrected chi connectivity index (χ0v) is 24.7. The van der Waals surface area contributed by atoms with Crippen LogP contribution in [-0.4, -0.2) is 35.3 Å². The van der Waals surface area contributed by atoms with E-state index in [0.29, 0.717) is 41.2 Å². The molecular weight excluding hydrogens is 546 g/mol. The van der Waals surface area contributed by atoms with E-state index in [1.54, 1.807) is 29.2 Å². The molecule has 2 N–H and O–H groups in total. The number of ketones is 1. The van der Waals surface area contributed by atoms with Crippen LogP contribution in [0.5, 0.6) is 0 Å². The summed E-state index contributed by atoms with van der Waals surface area (Å²) in [4.78, 5) is 54.3. The van der Waals surface area contributed by atoms with Crippen LogP contribution in [0.1, 0.15) is 53.5 Å². The maximum absolute atomic E-state index is 14.1. The van der Waals surface area contributed by atoms with Gasteiger partial charge in [-0.05, 0) is 53.9 Å². The first-order chi connectivity index (χ1) is 20.3. The van der Waals surface area contributed by atoms with Crippen molar-refractivity contribution in [3.8, 4) is 0 Å². The van der Waals surface area contributed by atoms with Crippen LogP contribution in [0.15, 0.2) is 89.8 Å². The Hall–Kier alpha value is -4.43. The van der Waals surface area contributed by atoms with Crippen molar-refractivity contribution in [3.05, 3.63) is 102 Å². The molecule has 1 aliphatic rings. The molecule has 4 aromatic carbocycles. The van der Waals surface area contributed by atoms with Gasteiger partial charge in [-0.2, -0.15) is 0 Å². The number of hydrogen-bond donors (Lipinski definition) is 2. The predicted octanol–water partition coefficient (Wildman–Crippen LogP) is 6.46. The predicted molar refractivity (Wildman–Crippen MR) is 168 cm³/mol. The van der Waals surface area contributed by atoms with Crippen molar-refractivity contribution >= 4 is 57.4 Å². The summed E-state index contributed by atoms with van der Waals surface area (Å²) < 4.78 is 0. The van der Waals surface area contributed by atoms with Gasteiger partial charge < -0.3 is 15.5 Å². The molecule has 0 spiro atoms. The smallest absolute Gasteiger partial charge is 0.255 e. The molecular formula is C34H33N3O4S. The van der Waals surface area contributed by atoms with Crippen molar-refractivity contribution in [1.82, 2.24) is 5.32 Å². The van der Waals surface area contributed by atoms with E-state index in [9.17, 15) is 19.2 Å². The number of amides is 3. The second-order valence-corrected chi connectivity index (χ2v) is 11.5. The molecule has 0 fully saturated rings. The number of rotatable bonds is 8. The quantitative estimate of drug-likeness (QED) is 0.234. The molecule has 7 nitrogen and oxygen atoms in total. The van der Waals surface area contributed by atoms with Crippen molar-refractivity contribution in [2.24, 2.45) is 5.92 Å². The molecule has 3 amide bonds. The third kappa shape index (κ3) is 6.09. The molecule has 0 bridgehead atoms. The summed E-state index contributed by atoms with van der Waals surface area (Å²) in [6, 6.07) is 25.3. The monoisotopic (exact) mass is 579 g/mol. The molecule has 5 rings (SSSR count). The minimum Gasteiger partial charge on any atom is -0.343 e. The van der Waals surface area contributed by atoms with Gasteiger partial charge >= 0.3 is 0 Å². The van der Waals surface area contributed by atoms with E-state index in [2.05, 4.69) is 10.6 Å². The fraction of sp³-hybridized carbons (Fsp3) is 0.235. The lowest BCUT2D eigenvalue weighted by molar-refractivity contribution is -0.129. The third-order valence-corrected chi connectivity index (χ3v) is 8.85. The molecule has 0 radical (unpaired) electrons. The highest BCUT2D eigenvalue weighted by Gasteiger charge is 2.34. The molecule has 0 unspecified atom stereocenters. The standard InChI is InChI=1S/C34H33N3O4S/c1-4-21(2)32(39)36-29-20-42-31-28(35-33(40)25-17-15-23(16-18-25)22(3)38)13-8-14-30(31)37(34(29)41)19-26-11-7-10-24-9-5-6-12-27(24)26/h5-18,21,29H,4,19-20H2,1-3H3,(H,35,40)(H,36,39)/t21-,29+/m1/s1. The summed E-state index contributed by atoms with van der Waals surface area (Å²) in [6.07, 6.45) is 0.670. The second-order valence-electron chi connectivity index (χ2n) is 10.5. The summed E-state index contributed by atoms with van der Waals surface area (Å²) in [5, 5.41) is 8.11. The molecule has 42 heavy (non-hydrogen) atoms. The third-order valence-electron chi connectivity index (χ3n) is 7.63. The average Bonchev–Trinajstić information content (AvgIpc) is 3.13. The van der Waals surface area contributed by atoms with Crippen LogP contribution in [0, 0.1) is 5.92 Å². The number of carbonyl (C=O) groups excluding carboxylic acids is 4. The van der Waals surface area contributed by atoms with Crippen LogP contribution in [0.2, 0.25) is 0 Å². The molecule has 1 heterocycles. The number of carbonyl (C=O) groups is 4. The normalized spacial score (nSPS) is 15.5. The van der Waals surface area contributed by atoms with Crippen LogP contribution in [0.4, 0.5) is 11.4 Å². The molecule has 0 aliphatic carbocycles. The first-order valence-corrected chi connectivity index (χ1v) is 15.0. The molecule has 4 aromatic rings. The van der Waals surface area contributed by atoms with E-state index in [1.807, 2.05) is 74.5 Å². The second kappa shape index (κ2) is 12.6. The zero-order chi connectivity index (χ0) is 29.8. The van der Waals surface area contributed by atoms with Crippen molar-refractivity contribution in [2.45, 2.75) is 44.7 Å². The van der Waals surface area contributed by atoms with Crippen LogP contribution in [-0.2, 0) is 16.1 Å². The SMILES string of the molecule is CC[C@@H](C)C(=O)N[C@H]1CSc2c(NC(=O)c3ccc(C(C)=O)cc3)cccc2N(Cc2cccc3ccccc23)C1=O. The Morgan fingerprint density at radius 1 is 0.929 bits per heavy atom. The van der Waals surface area contributed by atoms with Crippen molar-refractivity contribution in [1.29, 1.82) is 0 Å². The Kier molecular flexibility index (Phi) is 8.73. The Morgan fingerprint density at radius 2 is 1.62 bits per heavy atom. The summed E-state index contributed by atoms with van der Waals surface area (Å²) in [6.45, 7) is 5.57. The van der Waals surface area contributed by atoms with Gasteiger partial charge in [0.25, 0.3) is 11.8 Å². The molecule has 2 atom stereocenters. The topological polar surface area (TPSA) is 95.6 Å². The van der Waals surface area contributed by atoms with Gasteiger partial charge in [-0.1, -0.05) is 74.5 Å². The lowest BCUT2D eigenvalue weighted by Gasteiger charge is -2.27. The Balaban J connectivity index is 1.52. The Bertz CT molecular complexity index is 1660. The first-order valence-electron chi connectivity index (χ1n) is 14.0. The van der Waals surface area contributed by atoms with Gasteiger partial charge in [0.1, 0.15) is 6.04 Å². The summed E-state index contributed by atoms with van der Waals surface area (Å²) in [7, 11) is 0. The molecule has 0 aromatic heterocycles. The highest BCUT2D eigenvalue weighted by molar-refractivity contribution is 7.99. The van der Waals surface area contributed by atoms with Gasteiger partial charge in [-0.15, -0.1) is 11.8 Å².